The molecule has 0 spiro atoms. The molecule has 3 aliphatic rings. The van der Waals surface area contributed by atoms with Gasteiger partial charge in [-0.15, -0.1) is 0 Å². The van der Waals surface area contributed by atoms with E-state index in [0.29, 0.717) is 11.9 Å². The third-order valence-corrected chi connectivity index (χ3v) is 6.13. The van der Waals surface area contributed by atoms with Crippen LogP contribution in [0, 0.1) is 11.3 Å². The van der Waals surface area contributed by atoms with Crippen LogP contribution in [0.2, 0.25) is 0 Å². The normalized spacial score (nSPS) is 35.6. The number of hydrogen-bond acceptors (Lipinski definition) is 2. The summed E-state index contributed by atoms with van der Waals surface area (Å²) in [6.45, 7) is 5.12. The summed E-state index contributed by atoms with van der Waals surface area (Å²) in [7, 11) is 0. The second kappa shape index (κ2) is 6.05. The summed E-state index contributed by atoms with van der Waals surface area (Å²) < 4.78 is 0. The molecule has 2 heterocycles. The van der Waals surface area contributed by atoms with Crippen LogP contribution in [-0.2, 0) is 4.79 Å². The average Bonchev–Trinajstić information content (AvgIpc) is 3.17. The molecule has 1 saturated carbocycles. The van der Waals surface area contributed by atoms with Gasteiger partial charge in [-0.1, -0.05) is 26.2 Å². The van der Waals surface area contributed by atoms with E-state index >= 15 is 0 Å². The molecule has 20 heavy (non-hydrogen) atoms. The minimum atomic E-state index is -0.0861. The van der Waals surface area contributed by atoms with Gasteiger partial charge in [0.1, 0.15) is 0 Å². The Labute approximate surface area is 123 Å². The van der Waals surface area contributed by atoms with Gasteiger partial charge in [-0.25, -0.2) is 0 Å². The van der Waals surface area contributed by atoms with E-state index in [9.17, 15) is 4.79 Å². The van der Waals surface area contributed by atoms with Gasteiger partial charge in [-0.05, 0) is 51.0 Å². The molecule has 0 aromatic heterocycles. The van der Waals surface area contributed by atoms with Gasteiger partial charge in [0.25, 0.3) is 0 Å². The molecule has 0 radical (unpaired) electrons. The lowest BCUT2D eigenvalue weighted by Crippen LogP contribution is -2.49. The Kier molecular flexibility index (Phi) is 4.34. The van der Waals surface area contributed by atoms with Crippen molar-refractivity contribution < 1.29 is 4.79 Å². The van der Waals surface area contributed by atoms with Crippen molar-refractivity contribution >= 4 is 5.91 Å². The quantitative estimate of drug-likeness (QED) is 0.861. The van der Waals surface area contributed by atoms with Gasteiger partial charge < -0.3 is 10.2 Å². The number of rotatable bonds is 3. The summed E-state index contributed by atoms with van der Waals surface area (Å²) in [5, 5.41) is 3.42. The molecule has 1 amide bonds. The van der Waals surface area contributed by atoms with Crippen molar-refractivity contribution in [2.24, 2.45) is 11.3 Å². The number of carbonyl (C=O) groups excluding carboxylic acids is 1. The monoisotopic (exact) mass is 278 g/mol. The van der Waals surface area contributed by atoms with Crippen LogP contribution in [0.4, 0.5) is 0 Å². The van der Waals surface area contributed by atoms with Gasteiger partial charge in [0.05, 0.1) is 5.41 Å². The smallest absolute Gasteiger partial charge is 0.230 e. The Morgan fingerprint density at radius 1 is 1.20 bits per heavy atom. The first kappa shape index (κ1) is 14.4. The second-order valence-corrected chi connectivity index (χ2v) is 7.17. The molecule has 3 heteroatoms. The molecule has 3 fully saturated rings. The first-order valence-electron chi connectivity index (χ1n) is 8.79. The number of likely N-dealkylation sites (tertiary alicyclic amines) is 1. The highest BCUT2D eigenvalue weighted by molar-refractivity contribution is 5.84. The van der Waals surface area contributed by atoms with E-state index in [4.69, 9.17) is 0 Å². The molecular formula is C17H30N2O. The summed E-state index contributed by atoms with van der Waals surface area (Å²) in [5.74, 6) is 1.26. The molecule has 2 atom stereocenters. The summed E-state index contributed by atoms with van der Waals surface area (Å²) >= 11 is 0. The van der Waals surface area contributed by atoms with Crippen LogP contribution in [0.5, 0.6) is 0 Å². The largest absolute Gasteiger partial charge is 0.339 e. The van der Waals surface area contributed by atoms with E-state index in [-0.39, 0.29) is 5.41 Å². The molecular weight excluding hydrogens is 248 g/mol. The third-order valence-electron chi connectivity index (χ3n) is 6.13. The first-order chi connectivity index (χ1) is 9.77. The SMILES string of the molecule is CCC1(C(=O)N2CCCC2C2CCCCC2)CCNC1. The summed E-state index contributed by atoms with van der Waals surface area (Å²) in [6.07, 6.45) is 11.4. The van der Waals surface area contributed by atoms with Crippen molar-refractivity contribution in [2.45, 2.75) is 70.8 Å². The lowest BCUT2D eigenvalue weighted by Gasteiger charge is -2.38. The molecule has 2 unspecified atom stereocenters. The average molecular weight is 278 g/mol. The van der Waals surface area contributed by atoms with Crippen molar-refractivity contribution in [2.75, 3.05) is 19.6 Å². The van der Waals surface area contributed by atoms with Gasteiger partial charge in [0.2, 0.25) is 5.91 Å². The fourth-order valence-electron chi connectivity index (χ4n) is 4.74. The van der Waals surface area contributed by atoms with Crippen molar-refractivity contribution in [3.63, 3.8) is 0 Å². The van der Waals surface area contributed by atoms with Crippen molar-refractivity contribution in [3.8, 4) is 0 Å². The van der Waals surface area contributed by atoms with Crippen LogP contribution in [0.25, 0.3) is 0 Å². The second-order valence-electron chi connectivity index (χ2n) is 7.17. The highest BCUT2D eigenvalue weighted by Crippen LogP contribution is 2.39. The fourth-order valence-corrected chi connectivity index (χ4v) is 4.74. The predicted molar refractivity (Wildman–Crippen MR) is 81.5 cm³/mol. The fraction of sp³-hybridized carbons (Fsp3) is 0.941. The maximum atomic E-state index is 13.1. The lowest BCUT2D eigenvalue weighted by molar-refractivity contribution is -0.143. The van der Waals surface area contributed by atoms with E-state index < -0.39 is 0 Å². The Bertz CT molecular complexity index is 343. The van der Waals surface area contributed by atoms with Crippen LogP contribution in [0.3, 0.4) is 0 Å². The zero-order valence-electron chi connectivity index (χ0n) is 13.0. The molecule has 0 bridgehead atoms. The molecule has 0 aromatic carbocycles. The van der Waals surface area contributed by atoms with E-state index in [2.05, 4.69) is 17.1 Å². The van der Waals surface area contributed by atoms with Crippen LogP contribution in [0.1, 0.15) is 64.7 Å². The van der Waals surface area contributed by atoms with E-state index in [1.807, 2.05) is 0 Å². The zero-order valence-corrected chi connectivity index (χ0v) is 13.0. The molecule has 3 nitrogen and oxygen atoms in total. The molecule has 1 N–H and O–H groups in total. The zero-order chi connectivity index (χ0) is 14.0. The van der Waals surface area contributed by atoms with Gasteiger partial charge in [0, 0.05) is 19.1 Å². The van der Waals surface area contributed by atoms with Gasteiger partial charge >= 0.3 is 0 Å². The number of carbonyl (C=O) groups is 1. The Hall–Kier alpha value is -0.570. The van der Waals surface area contributed by atoms with E-state index in [0.717, 1.165) is 38.4 Å². The maximum Gasteiger partial charge on any atom is 0.230 e. The van der Waals surface area contributed by atoms with Crippen molar-refractivity contribution in [1.29, 1.82) is 0 Å². The maximum absolute atomic E-state index is 13.1. The van der Waals surface area contributed by atoms with Gasteiger partial charge in [-0.3, -0.25) is 4.79 Å². The first-order valence-corrected chi connectivity index (χ1v) is 8.79. The number of hydrogen-bond donors (Lipinski definition) is 1. The minimum absolute atomic E-state index is 0.0861. The third kappa shape index (κ3) is 2.49. The highest BCUT2D eigenvalue weighted by atomic mass is 16.2. The molecule has 2 saturated heterocycles. The number of nitrogens with one attached hydrogen (secondary N) is 1. The highest BCUT2D eigenvalue weighted by Gasteiger charge is 2.46. The Morgan fingerprint density at radius 3 is 2.65 bits per heavy atom. The summed E-state index contributed by atoms with van der Waals surface area (Å²) in [6, 6.07) is 0.562. The van der Waals surface area contributed by atoms with Crippen LogP contribution in [-0.4, -0.2) is 36.5 Å². The molecule has 0 aromatic rings. The van der Waals surface area contributed by atoms with Crippen LogP contribution in [0.15, 0.2) is 0 Å². The summed E-state index contributed by atoms with van der Waals surface area (Å²) in [5.41, 5.74) is -0.0861. The standard InChI is InChI=1S/C17H30N2O/c1-2-17(10-11-18-13-17)16(20)19-12-6-9-15(19)14-7-4-3-5-8-14/h14-15,18H,2-13H2,1H3. The van der Waals surface area contributed by atoms with Crippen LogP contribution >= 0.6 is 0 Å². The lowest BCUT2D eigenvalue weighted by atomic mass is 9.80. The number of amides is 1. The number of nitrogens with zero attached hydrogens (tertiary/aromatic N) is 1. The Balaban J connectivity index is 1.72. The molecule has 3 rings (SSSR count). The summed E-state index contributed by atoms with van der Waals surface area (Å²) in [4.78, 5) is 15.4. The minimum Gasteiger partial charge on any atom is -0.339 e. The molecule has 2 aliphatic heterocycles. The van der Waals surface area contributed by atoms with Crippen LogP contribution < -0.4 is 5.32 Å². The van der Waals surface area contributed by atoms with Gasteiger partial charge in [-0.2, -0.15) is 0 Å². The topological polar surface area (TPSA) is 32.3 Å². The Morgan fingerprint density at radius 2 is 2.00 bits per heavy atom. The van der Waals surface area contributed by atoms with E-state index in [1.54, 1.807) is 0 Å². The van der Waals surface area contributed by atoms with Crippen molar-refractivity contribution in [3.05, 3.63) is 0 Å². The van der Waals surface area contributed by atoms with Gasteiger partial charge in [0.15, 0.2) is 0 Å². The van der Waals surface area contributed by atoms with E-state index in [1.165, 1.54) is 44.9 Å². The molecule has 1 aliphatic carbocycles. The molecule has 114 valence electrons. The predicted octanol–water partition coefficient (Wildman–Crippen LogP) is 2.95. The van der Waals surface area contributed by atoms with Crippen molar-refractivity contribution in [1.82, 2.24) is 10.2 Å².